The number of amides is 2. The topological polar surface area (TPSA) is 115 Å². The first kappa shape index (κ1) is 28.2. The number of benzene rings is 2. The zero-order valence-corrected chi connectivity index (χ0v) is 22.5. The Kier molecular flexibility index (Phi) is 8.93. The molecule has 8 nitrogen and oxygen atoms in total. The molecule has 10 heteroatoms. The van der Waals surface area contributed by atoms with Gasteiger partial charge in [0.15, 0.2) is 5.78 Å². The highest BCUT2D eigenvalue weighted by Gasteiger charge is 2.38. The number of hydrogen-bond acceptors (Lipinski definition) is 7. The molecular formula is C29H30ClFN4O4. The molecule has 3 atom stereocenters. The maximum Gasteiger partial charge on any atom is 0.416 e. The van der Waals surface area contributed by atoms with Crippen molar-refractivity contribution in [3.63, 3.8) is 0 Å². The SMILES string of the molecule is CC[C@@H](NC(C)CC(=O)N1C(=O)OC[C@H]1Cc1ccccc1)c1ccc(Cl)c(C(=O)c2ccc(N)nc2)c1F. The third kappa shape index (κ3) is 6.43. The minimum Gasteiger partial charge on any atom is -0.447 e. The van der Waals surface area contributed by atoms with Gasteiger partial charge in [0.2, 0.25) is 5.91 Å². The van der Waals surface area contributed by atoms with Gasteiger partial charge >= 0.3 is 6.09 Å². The van der Waals surface area contributed by atoms with Gasteiger partial charge in [0.25, 0.3) is 0 Å². The molecule has 204 valence electrons. The molecule has 1 fully saturated rings. The van der Waals surface area contributed by atoms with E-state index in [1.54, 1.807) is 6.92 Å². The number of nitrogens with zero attached hydrogens (tertiary/aromatic N) is 2. The fourth-order valence-corrected chi connectivity index (χ4v) is 4.95. The largest absolute Gasteiger partial charge is 0.447 e. The molecule has 0 spiro atoms. The van der Waals surface area contributed by atoms with E-state index in [0.717, 1.165) is 5.56 Å². The van der Waals surface area contributed by atoms with E-state index in [9.17, 15) is 14.4 Å². The molecule has 0 bridgehead atoms. The lowest BCUT2D eigenvalue weighted by Gasteiger charge is -2.26. The Balaban J connectivity index is 1.47. The maximum absolute atomic E-state index is 15.7. The van der Waals surface area contributed by atoms with E-state index < -0.39 is 35.8 Å². The Bertz CT molecular complexity index is 1350. The molecule has 0 saturated carbocycles. The van der Waals surface area contributed by atoms with E-state index in [1.165, 1.54) is 35.4 Å². The average Bonchev–Trinajstić information content (AvgIpc) is 3.28. The summed E-state index contributed by atoms with van der Waals surface area (Å²) < 4.78 is 20.9. The van der Waals surface area contributed by atoms with Crippen molar-refractivity contribution in [2.45, 2.75) is 51.2 Å². The Morgan fingerprint density at radius 1 is 1.21 bits per heavy atom. The highest BCUT2D eigenvalue weighted by molar-refractivity contribution is 6.35. The molecule has 1 aromatic heterocycles. The first-order valence-electron chi connectivity index (χ1n) is 12.7. The number of ketones is 1. The summed E-state index contributed by atoms with van der Waals surface area (Å²) in [5.74, 6) is -1.49. The van der Waals surface area contributed by atoms with Crippen LogP contribution in [0.4, 0.5) is 15.0 Å². The van der Waals surface area contributed by atoms with Crippen molar-refractivity contribution in [2.24, 2.45) is 0 Å². The Morgan fingerprint density at radius 2 is 1.95 bits per heavy atom. The van der Waals surface area contributed by atoms with Gasteiger partial charge in [-0.25, -0.2) is 19.1 Å². The second-order valence-corrected chi connectivity index (χ2v) is 9.95. The monoisotopic (exact) mass is 552 g/mol. The highest BCUT2D eigenvalue weighted by atomic mass is 35.5. The highest BCUT2D eigenvalue weighted by Crippen LogP contribution is 2.30. The summed E-state index contributed by atoms with van der Waals surface area (Å²) in [4.78, 5) is 43.6. The number of ether oxygens (including phenoxy) is 1. The zero-order valence-electron chi connectivity index (χ0n) is 21.7. The standard InChI is InChI=1S/C29H30ClFN4O4/c1-3-23(21-10-11-22(30)26(27(21)31)28(37)19-9-12-24(32)33-15-19)34-17(2)13-25(36)35-20(16-39-29(35)38)14-18-7-5-4-6-8-18/h4-12,15,17,20,23,34H,3,13-14,16H2,1-2H3,(H2,32,33)/t17?,20-,23-/m1/s1. The van der Waals surface area contributed by atoms with Crippen LogP contribution >= 0.6 is 11.6 Å². The number of carbonyl (C=O) groups excluding carboxylic acids is 3. The number of pyridine rings is 1. The van der Waals surface area contributed by atoms with Crippen molar-refractivity contribution in [1.29, 1.82) is 0 Å². The lowest BCUT2D eigenvalue weighted by molar-refractivity contribution is -0.129. The van der Waals surface area contributed by atoms with Crippen LogP contribution in [0.1, 0.15) is 59.8 Å². The second kappa shape index (κ2) is 12.4. The van der Waals surface area contributed by atoms with Crippen LogP contribution in [0.15, 0.2) is 60.8 Å². The molecule has 1 aliphatic heterocycles. The van der Waals surface area contributed by atoms with E-state index >= 15 is 4.39 Å². The van der Waals surface area contributed by atoms with Crippen molar-refractivity contribution in [3.05, 3.63) is 93.9 Å². The minimum atomic E-state index is -0.742. The van der Waals surface area contributed by atoms with Gasteiger partial charge in [-0.1, -0.05) is 54.9 Å². The van der Waals surface area contributed by atoms with E-state index in [0.29, 0.717) is 12.8 Å². The van der Waals surface area contributed by atoms with Gasteiger partial charge in [-0.2, -0.15) is 0 Å². The third-order valence-electron chi connectivity index (χ3n) is 6.69. The Hall–Kier alpha value is -3.82. The smallest absolute Gasteiger partial charge is 0.416 e. The summed E-state index contributed by atoms with van der Waals surface area (Å²) in [6.45, 7) is 3.78. The molecule has 39 heavy (non-hydrogen) atoms. The number of anilines is 1. The van der Waals surface area contributed by atoms with Crippen molar-refractivity contribution in [3.8, 4) is 0 Å². The van der Waals surface area contributed by atoms with Crippen LogP contribution < -0.4 is 11.1 Å². The summed E-state index contributed by atoms with van der Waals surface area (Å²) in [6.07, 6.45) is 1.57. The maximum atomic E-state index is 15.7. The molecule has 1 aliphatic rings. The fourth-order valence-electron chi connectivity index (χ4n) is 4.72. The number of nitrogen functional groups attached to an aromatic ring is 1. The molecule has 1 saturated heterocycles. The van der Waals surface area contributed by atoms with Crippen molar-refractivity contribution >= 4 is 35.2 Å². The summed E-state index contributed by atoms with van der Waals surface area (Å²) in [5.41, 5.74) is 6.74. The van der Waals surface area contributed by atoms with E-state index in [4.69, 9.17) is 22.1 Å². The molecule has 1 unspecified atom stereocenters. The molecule has 2 heterocycles. The summed E-state index contributed by atoms with van der Waals surface area (Å²) in [6, 6.07) is 14.2. The molecule has 3 aromatic rings. The van der Waals surface area contributed by atoms with Crippen LogP contribution in [0.25, 0.3) is 0 Å². The molecule has 2 amide bonds. The number of aromatic nitrogens is 1. The van der Waals surface area contributed by atoms with Gasteiger partial charge in [-0.3, -0.25) is 9.59 Å². The van der Waals surface area contributed by atoms with Gasteiger partial charge in [0, 0.05) is 35.8 Å². The fraction of sp³-hybridized carbons (Fsp3) is 0.310. The number of halogens is 2. The Morgan fingerprint density at radius 3 is 2.62 bits per heavy atom. The molecule has 2 aromatic carbocycles. The molecular weight excluding hydrogens is 523 g/mol. The lowest BCUT2D eigenvalue weighted by atomic mass is 9.96. The predicted molar refractivity (Wildman–Crippen MR) is 146 cm³/mol. The number of rotatable bonds is 10. The van der Waals surface area contributed by atoms with E-state index in [2.05, 4.69) is 10.3 Å². The molecule has 0 radical (unpaired) electrons. The lowest BCUT2D eigenvalue weighted by Crippen LogP contribution is -2.43. The van der Waals surface area contributed by atoms with Gasteiger partial charge in [-0.05, 0) is 43.5 Å². The van der Waals surface area contributed by atoms with Crippen LogP contribution in [-0.2, 0) is 16.0 Å². The first-order valence-corrected chi connectivity index (χ1v) is 13.1. The second-order valence-electron chi connectivity index (χ2n) is 9.54. The first-order chi connectivity index (χ1) is 18.7. The van der Waals surface area contributed by atoms with Crippen LogP contribution in [0.5, 0.6) is 0 Å². The number of cyclic esters (lactones) is 1. The summed E-state index contributed by atoms with van der Waals surface area (Å²) >= 11 is 6.24. The number of nitrogens with one attached hydrogen (secondary N) is 1. The Labute approximate surface area is 231 Å². The zero-order chi connectivity index (χ0) is 28.1. The van der Waals surface area contributed by atoms with Crippen LogP contribution in [-0.4, -0.2) is 46.4 Å². The van der Waals surface area contributed by atoms with Gasteiger partial charge in [0.1, 0.15) is 18.2 Å². The number of hydrogen-bond donors (Lipinski definition) is 2. The van der Waals surface area contributed by atoms with Crippen molar-refractivity contribution in [1.82, 2.24) is 15.2 Å². The van der Waals surface area contributed by atoms with Crippen LogP contribution in [0.3, 0.4) is 0 Å². The number of carbonyl (C=O) groups is 3. The number of nitrogens with two attached hydrogens (primary N) is 1. The minimum absolute atomic E-state index is 0.00497. The van der Waals surface area contributed by atoms with Gasteiger partial charge < -0.3 is 15.8 Å². The normalized spacial score (nSPS) is 16.6. The summed E-state index contributed by atoms with van der Waals surface area (Å²) in [5, 5.41) is 3.25. The van der Waals surface area contributed by atoms with Crippen molar-refractivity contribution in [2.75, 3.05) is 12.3 Å². The summed E-state index contributed by atoms with van der Waals surface area (Å²) in [7, 11) is 0. The molecule has 4 rings (SSSR count). The molecule has 0 aliphatic carbocycles. The predicted octanol–water partition coefficient (Wildman–Crippen LogP) is 5.10. The van der Waals surface area contributed by atoms with Gasteiger partial charge in [-0.15, -0.1) is 0 Å². The number of imide groups is 1. The third-order valence-corrected chi connectivity index (χ3v) is 7.01. The quantitative estimate of drug-likeness (QED) is 0.336. The van der Waals surface area contributed by atoms with E-state index in [1.807, 2.05) is 37.3 Å². The molecule has 3 N–H and O–H groups in total. The van der Waals surface area contributed by atoms with Crippen LogP contribution in [0, 0.1) is 5.82 Å². The van der Waals surface area contributed by atoms with Crippen LogP contribution in [0.2, 0.25) is 5.02 Å². The average molecular weight is 553 g/mol. The van der Waals surface area contributed by atoms with Crippen molar-refractivity contribution < 1.29 is 23.5 Å². The van der Waals surface area contributed by atoms with E-state index in [-0.39, 0.29) is 46.5 Å². The van der Waals surface area contributed by atoms with Gasteiger partial charge in [0.05, 0.1) is 16.6 Å².